The van der Waals surface area contributed by atoms with Crippen LogP contribution in [-0.2, 0) is 9.53 Å². The average molecular weight is 325 g/mol. The van der Waals surface area contributed by atoms with Crippen LogP contribution in [0.1, 0.15) is 15.9 Å². The van der Waals surface area contributed by atoms with Crippen LogP contribution < -0.4 is 14.8 Å². The van der Waals surface area contributed by atoms with Gasteiger partial charge in [-0.05, 0) is 35.9 Å². The Bertz CT molecular complexity index is 796. The highest BCUT2D eigenvalue weighted by molar-refractivity contribution is 6.02. The molecule has 0 saturated heterocycles. The van der Waals surface area contributed by atoms with Crippen molar-refractivity contribution in [3.8, 4) is 11.5 Å². The van der Waals surface area contributed by atoms with E-state index in [1.807, 2.05) is 0 Å². The topological polar surface area (TPSA) is 73.9 Å². The predicted molar refractivity (Wildman–Crippen MR) is 88.0 cm³/mol. The molecule has 0 unspecified atom stereocenters. The SMILES string of the molecule is COC(=O)c1ccc(/C=C\C(=O)Nc2ccc3c(c2)OCO3)cc1. The van der Waals surface area contributed by atoms with Gasteiger partial charge in [0.1, 0.15) is 0 Å². The van der Waals surface area contributed by atoms with E-state index < -0.39 is 5.97 Å². The molecule has 0 bridgehead atoms. The lowest BCUT2D eigenvalue weighted by Crippen LogP contribution is -2.07. The number of fused-ring (bicyclic) bond motifs is 1. The molecule has 0 aliphatic carbocycles. The summed E-state index contributed by atoms with van der Waals surface area (Å²) in [5, 5.41) is 2.75. The number of hydrogen-bond acceptors (Lipinski definition) is 5. The molecule has 1 N–H and O–H groups in total. The Kier molecular flexibility index (Phi) is 4.47. The monoisotopic (exact) mass is 325 g/mol. The maximum absolute atomic E-state index is 12.0. The number of methoxy groups -OCH3 is 1. The van der Waals surface area contributed by atoms with E-state index in [0.29, 0.717) is 22.7 Å². The van der Waals surface area contributed by atoms with Crippen molar-refractivity contribution >= 4 is 23.6 Å². The molecule has 0 aromatic heterocycles. The van der Waals surface area contributed by atoms with Gasteiger partial charge in [0.2, 0.25) is 12.7 Å². The Morgan fingerprint density at radius 2 is 1.83 bits per heavy atom. The summed E-state index contributed by atoms with van der Waals surface area (Å²) in [7, 11) is 1.33. The fraction of sp³-hybridized carbons (Fsp3) is 0.111. The molecule has 0 spiro atoms. The molecule has 1 amide bonds. The Labute approximate surface area is 138 Å². The highest BCUT2D eigenvalue weighted by Crippen LogP contribution is 2.34. The van der Waals surface area contributed by atoms with Crippen molar-refractivity contribution in [2.45, 2.75) is 0 Å². The number of amides is 1. The highest BCUT2D eigenvalue weighted by atomic mass is 16.7. The maximum Gasteiger partial charge on any atom is 0.337 e. The van der Waals surface area contributed by atoms with Crippen LogP contribution in [0, 0.1) is 0 Å². The predicted octanol–water partition coefficient (Wildman–Crippen LogP) is 2.85. The van der Waals surface area contributed by atoms with Gasteiger partial charge in [-0.25, -0.2) is 4.79 Å². The van der Waals surface area contributed by atoms with Gasteiger partial charge in [-0.3, -0.25) is 4.79 Å². The molecular formula is C18H15NO5. The van der Waals surface area contributed by atoms with Gasteiger partial charge >= 0.3 is 5.97 Å². The smallest absolute Gasteiger partial charge is 0.337 e. The van der Waals surface area contributed by atoms with Crippen molar-refractivity contribution in [2.24, 2.45) is 0 Å². The Balaban J connectivity index is 1.62. The molecule has 1 heterocycles. The summed E-state index contributed by atoms with van der Waals surface area (Å²) >= 11 is 0. The van der Waals surface area contributed by atoms with Crippen LogP contribution in [-0.4, -0.2) is 25.8 Å². The molecule has 0 saturated carbocycles. The van der Waals surface area contributed by atoms with Gasteiger partial charge in [-0.1, -0.05) is 12.1 Å². The minimum absolute atomic E-state index is 0.189. The summed E-state index contributed by atoms with van der Waals surface area (Å²) in [4.78, 5) is 23.3. The zero-order valence-electron chi connectivity index (χ0n) is 12.9. The van der Waals surface area contributed by atoms with Crippen molar-refractivity contribution in [3.63, 3.8) is 0 Å². The summed E-state index contributed by atoms with van der Waals surface area (Å²) in [6.07, 6.45) is 3.07. The summed E-state index contributed by atoms with van der Waals surface area (Å²) in [6, 6.07) is 11.9. The Hall–Kier alpha value is -3.28. The molecule has 0 atom stereocenters. The summed E-state index contributed by atoms with van der Waals surface area (Å²) in [5.41, 5.74) is 1.87. The first-order chi connectivity index (χ1) is 11.7. The second-order valence-corrected chi connectivity index (χ2v) is 5.00. The Morgan fingerprint density at radius 1 is 1.08 bits per heavy atom. The van der Waals surface area contributed by atoms with E-state index in [1.54, 1.807) is 48.5 Å². The highest BCUT2D eigenvalue weighted by Gasteiger charge is 2.13. The average Bonchev–Trinajstić information content (AvgIpc) is 3.07. The van der Waals surface area contributed by atoms with Crippen LogP contribution in [0.15, 0.2) is 48.5 Å². The standard InChI is InChI=1S/C18H15NO5/c1-22-18(21)13-5-2-12(3-6-13)4-9-17(20)19-14-7-8-15-16(10-14)24-11-23-15/h2-10H,11H2,1H3,(H,19,20)/b9-4-. The number of ether oxygens (including phenoxy) is 3. The normalized spacial score (nSPS) is 12.2. The second kappa shape index (κ2) is 6.87. The molecule has 1 aliphatic rings. The molecule has 0 radical (unpaired) electrons. The van der Waals surface area contributed by atoms with E-state index in [4.69, 9.17) is 9.47 Å². The molecular weight excluding hydrogens is 310 g/mol. The molecule has 122 valence electrons. The number of nitrogens with one attached hydrogen (secondary N) is 1. The molecule has 6 heteroatoms. The maximum atomic E-state index is 12.0. The van der Waals surface area contributed by atoms with Crippen LogP contribution in [0.2, 0.25) is 0 Å². The molecule has 3 rings (SSSR count). The number of anilines is 1. The minimum atomic E-state index is -0.397. The van der Waals surface area contributed by atoms with E-state index in [1.165, 1.54) is 13.2 Å². The van der Waals surface area contributed by atoms with Crippen molar-refractivity contribution in [3.05, 3.63) is 59.7 Å². The lowest BCUT2D eigenvalue weighted by atomic mass is 10.1. The van der Waals surface area contributed by atoms with E-state index in [9.17, 15) is 9.59 Å². The largest absolute Gasteiger partial charge is 0.465 e. The third kappa shape index (κ3) is 3.55. The third-order valence-electron chi connectivity index (χ3n) is 3.40. The quantitative estimate of drug-likeness (QED) is 0.691. The fourth-order valence-electron chi connectivity index (χ4n) is 2.18. The van der Waals surface area contributed by atoms with E-state index in [-0.39, 0.29) is 12.7 Å². The molecule has 1 aliphatic heterocycles. The minimum Gasteiger partial charge on any atom is -0.465 e. The Morgan fingerprint density at radius 3 is 2.58 bits per heavy atom. The molecule has 0 fully saturated rings. The van der Waals surface area contributed by atoms with E-state index in [2.05, 4.69) is 10.1 Å². The van der Waals surface area contributed by atoms with Crippen LogP contribution in [0.5, 0.6) is 11.5 Å². The first-order valence-electron chi connectivity index (χ1n) is 7.23. The van der Waals surface area contributed by atoms with E-state index in [0.717, 1.165) is 5.56 Å². The molecule has 6 nitrogen and oxygen atoms in total. The third-order valence-corrected chi connectivity index (χ3v) is 3.40. The summed E-state index contributed by atoms with van der Waals surface area (Å²) < 4.78 is 15.1. The lowest BCUT2D eigenvalue weighted by Gasteiger charge is -2.03. The number of benzene rings is 2. The number of rotatable bonds is 4. The number of carbonyl (C=O) groups excluding carboxylic acids is 2. The molecule has 2 aromatic rings. The van der Waals surface area contributed by atoms with Crippen molar-refractivity contribution in [2.75, 3.05) is 19.2 Å². The second-order valence-electron chi connectivity index (χ2n) is 5.00. The van der Waals surface area contributed by atoms with Crippen molar-refractivity contribution in [1.82, 2.24) is 0 Å². The van der Waals surface area contributed by atoms with Gasteiger partial charge in [-0.2, -0.15) is 0 Å². The first kappa shape index (κ1) is 15.6. The number of hydrogen-bond donors (Lipinski definition) is 1. The zero-order chi connectivity index (χ0) is 16.9. The van der Waals surface area contributed by atoms with Gasteiger partial charge in [0.05, 0.1) is 12.7 Å². The van der Waals surface area contributed by atoms with Crippen LogP contribution in [0.3, 0.4) is 0 Å². The van der Waals surface area contributed by atoms with Gasteiger partial charge in [-0.15, -0.1) is 0 Å². The summed E-state index contributed by atoms with van der Waals surface area (Å²) in [5.74, 6) is 0.599. The van der Waals surface area contributed by atoms with E-state index >= 15 is 0 Å². The lowest BCUT2D eigenvalue weighted by molar-refractivity contribution is -0.111. The number of esters is 1. The zero-order valence-corrected chi connectivity index (χ0v) is 12.9. The van der Waals surface area contributed by atoms with Gasteiger partial charge in [0, 0.05) is 17.8 Å². The van der Waals surface area contributed by atoms with Crippen LogP contribution >= 0.6 is 0 Å². The summed E-state index contributed by atoms with van der Waals surface area (Å²) in [6.45, 7) is 0.189. The number of carbonyl (C=O) groups is 2. The first-order valence-corrected chi connectivity index (χ1v) is 7.23. The molecule has 24 heavy (non-hydrogen) atoms. The van der Waals surface area contributed by atoms with Crippen LogP contribution in [0.4, 0.5) is 5.69 Å². The van der Waals surface area contributed by atoms with Crippen LogP contribution in [0.25, 0.3) is 6.08 Å². The van der Waals surface area contributed by atoms with Gasteiger partial charge in [0.25, 0.3) is 0 Å². The van der Waals surface area contributed by atoms with Crippen molar-refractivity contribution < 1.29 is 23.8 Å². The van der Waals surface area contributed by atoms with Gasteiger partial charge in [0.15, 0.2) is 11.5 Å². The van der Waals surface area contributed by atoms with Gasteiger partial charge < -0.3 is 19.5 Å². The molecule has 2 aromatic carbocycles. The fourth-order valence-corrected chi connectivity index (χ4v) is 2.18. The van der Waals surface area contributed by atoms with Crippen molar-refractivity contribution in [1.29, 1.82) is 0 Å².